The molecule has 0 aliphatic carbocycles. The number of anilines is 1. The number of halogens is 3. The molecule has 1 unspecified atom stereocenters. The first-order chi connectivity index (χ1) is 9.75. The van der Waals surface area contributed by atoms with Crippen molar-refractivity contribution in [2.45, 2.75) is 25.6 Å². The molecule has 1 atom stereocenters. The highest BCUT2D eigenvalue weighted by Gasteiger charge is 2.35. The van der Waals surface area contributed by atoms with Gasteiger partial charge in [-0.2, -0.15) is 18.3 Å². The highest BCUT2D eigenvalue weighted by molar-refractivity contribution is 5.80. The van der Waals surface area contributed by atoms with Gasteiger partial charge in [0.25, 0.3) is 0 Å². The van der Waals surface area contributed by atoms with Gasteiger partial charge in [-0.25, -0.2) is 14.3 Å². The number of alkyl halides is 3. The van der Waals surface area contributed by atoms with Crippen LogP contribution in [0.1, 0.15) is 19.0 Å². The van der Waals surface area contributed by atoms with Crippen molar-refractivity contribution in [1.82, 2.24) is 14.6 Å². The average molecular weight is 302 g/mol. The smallest absolute Gasteiger partial charge is 0.435 e. The third-order valence-corrected chi connectivity index (χ3v) is 3.13. The zero-order valence-electron chi connectivity index (χ0n) is 11.3. The van der Waals surface area contributed by atoms with Crippen LogP contribution < -0.4 is 4.90 Å². The van der Waals surface area contributed by atoms with E-state index in [-0.39, 0.29) is 17.8 Å². The number of hydrogen-bond donors (Lipinski definition) is 1. The highest BCUT2D eigenvalue weighted by atomic mass is 19.4. The summed E-state index contributed by atoms with van der Waals surface area (Å²) in [6.07, 6.45) is -1.72. The molecule has 0 saturated carbocycles. The van der Waals surface area contributed by atoms with Gasteiger partial charge in [0.15, 0.2) is 11.5 Å². The Hall–Kier alpha value is -2.32. The molecule has 2 aromatic heterocycles. The Balaban J connectivity index is 2.54. The molecule has 9 heteroatoms. The zero-order valence-corrected chi connectivity index (χ0v) is 11.3. The molecule has 0 spiro atoms. The molecular weight excluding hydrogens is 289 g/mol. The van der Waals surface area contributed by atoms with E-state index in [1.165, 1.54) is 24.3 Å². The van der Waals surface area contributed by atoms with E-state index in [1.54, 1.807) is 6.92 Å². The number of likely N-dealkylation sites (N-methyl/N-ethyl adjacent to an activating group) is 1. The standard InChI is InChI=1S/C12H13F3N4O2/c1-3-7(11(20)21)18(2)10-8-6-9(12(13,14)15)17-19(8)5-4-16-10/h4-7H,3H2,1-2H3,(H,20,21). The van der Waals surface area contributed by atoms with Gasteiger partial charge >= 0.3 is 12.1 Å². The third kappa shape index (κ3) is 2.76. The second-order valence-corrected chi connectivity index (χ2v) is 4.48. The maximum Gasteiger partial charge on any atom is 0.435 e. The van der Waals surface area contributed by atoms with E-state index in [0.717, 1.165) is 10.6 Å². The van der Waals surface area contributed by atoms with Crippen molar-refractivity contribution in [1.29, 1.82) is 0 Å². The third-order valence-electron chi connectivity index (χ3n) is 3.13. The summed E-state index contributed by atoms with van der Waals surface area (Å²) in [7, 11) is 1.48. The van der Waals surface area contributed by atoms with Crippen LogP contribution in [-0.2, 0) is 11.0 Å². The van der Waals surface area contributed by atoms with Crippen molar-refractivity contribution in [3.63, 3.8) is 0 Å². The van der Waals surface area contributed by atoms with E-state index in [2.05, 4.69) is 10.1 Å². The average Bonchev–Trinajstić information content (AvgIpc) is 2.82. The van der Waals surface area contributed by atoms with Crippen LogP contribution >= 0.6 is 0 Å². The number of hydrogen-bond acceptors (Lipinski definition) is 4. The zero-order chi connectivity index (χ0) is 15.8. The molecule has 21 heavy (non-hydrogen) atoms. The van der Waals surface area contributed by atoms with Crippen LogP contribution in [0.15, 0.2) is 18.5 Å². The summed E-state index contributed by atoms with van der Waals surface area (Å²) in [4.78, 5) is 16.5. The molecule has 0 amide bonds. The van der Waals surface area contributed by atoms with Crippen molar-refractivity contribution in [2.75, 3.05) is 11.9 Å². The number of fused-ring (bicyclic) bond motifs is 1. The van der Waals surface area contributed by atoms with E-state index in [9.17, 15) is 18.0 Å². The summed E-state index contributed by atoms with van der Waals surface area (Å²) in [5.74, 6) is -0.936. The minimum Gasteiger partial charge on any atom is -0.480 e. The first-order valence-corrected chi connectivity index (χ1v) is 6.13. The number of carboxylic acid groups (broad SMARTS) is 1. The van der Waals surface area contributed by atoms with E-state index < -0.39 is 23.9 Å². The lowest BCUT2D eigenvalue weighted by atomic mass is 10.2. The normalized spacial score (nSPS) is 13.4. The summed E-state index contributed by atoms with van der Waals surface area (Å²) < 4.78 is 39.2. The van der Waals surface area contributed by atoms with Crippen molar-refractivity contribution in [3.05, 3.63) is 24.2 Å². The molecule has 2 aromatic rings. The monoisotopic (exact) mass is 302 g/mol. The van der Waals surface area contributed by atoms with Gasteiger partial charge in [-0.3, -0.25) is 0 Å². The topological polar surface area (TPSA) is 70.7 Å². The molecule has 0 aromatic carbocycles. The maximum absolute atomic E-state index is 12.7. The Labute approximate surface area is 117 Å². The molecule has 114 valence electrons. The van der Waals surface area contributed by atoms with Crippen LogP contribution in [0.5, 0.6) is 0 Å². The number of aromatic nitrogens is 3. The number of aliphatic carboxylic acids is 1. The van der Waals surface area contributed by atoms with Gasteiger partial charge in [-0.05, 0) is 6.42 Å². The lowest BCUT2D eigenvalue weighted by Gasteiger charge is -2.25. The van der Waals surface area contributed by atoms with Crippen molar-refractivity contribution in [3.8, 4) is 0 Å². The molecule has 2 heterocycles. The van der Waals surface area contributed by atoms with Gasteiger partial charge in [0.05, 0.1) is 0 Å². The quantitative estimate of drug-likeness (QED) is 0.936. The molecule has 2 rings (SSSR count). The number of nitrogens with zero attached hydrogens (tertiary/aromatic N) is 4. The van der Waals surface area contributed by atoms with Crippen LogP contribution in [-0.4, -0.2) is 38.8 Å². The van der Waals surface area contributed by atoms with Gasteiger partial charge in [-0.1, -0.05) is 6.92 Å². The Morgan fingerprint density at radius 2 is 2.19 bits per heavy atom. The highest BCUT2D eigenvalue weighted by Crippen LogP contribution is 2.31. The molecular formula is C12H13F3N4O2. The Kier molecular flexibility index (Phi) is 3.75. The van der Waals surface area contributed by atoms with Gasteiger partial charge < -0.3 is 10.0 Å². The molecule has 6 nitrogen and oxygen atoms in total. The first-order valence-electron chi connectivity index (χ1n) is 6.13. The molecule has 0 fully saturated rings. The minimum absolute atomic E-state index is 0.104. The first kappa shape index (κ1) is 15.1. The fourth-order valence-electron chi connectivity index (χ4n) is 2.08. The number of rotatable bonds is 4. The van der Waals surface area contributed by atoms with E-state index in [1.807, 2.05) is 0 Å². The Morgan fingerprint density at radius 3 is 2.71 bits per heavy atom. The molecule has 0 aliphatic rings. The Bertz CT molecular complexity index is 668. The molecule has 1 N–H and O–H groups in total. The summed E-state index contributed by atoms with van der Waals surface area (Å²) in [6.45, 7) is 1.67. The largest absolute Gasteiger partial charge is 0.480 e. The summed E-state index contributed by atoms with van der Waals surface area (Å²) >= 11 is 0. The van der Waals surface area contributed by atoms with Gasteiger partial charge in [-0.15, -0.1) is 0 Å². The molecule has 0 radical (unpaired) electrons. The van der Waals surface area contributed by atoms with E-state index in [4.69, 9.17) is 5.11 Å². The molecule has 0 bridgehead atoms. The fraction of sp³-hybridized carbons (Fsp3) is 0.417. The number of carboxylic acids is 1. The van der Waals surface area contributed by atoms with Crippen LogP contribution in [0, 0.1) is 0 Å². The lowest BCUT2D eigenvalue weighted by Crippen LogP contribution is -2.38. The summed E-state index contributed by atoms with van der Waals surface area (Å²) in [6, 6.07) is -0.0270. The SMILES string of the molecule is CCC(C(=O)O)N(C)c1nccn2nc(C(F)(F)F)cc12. The second kappa shape index (κ2) is 5.23. The van der Waals surface area contributed by atoms with E-state index >= 15 is 0 Å². The van der Waals surface area contributed by atoms with Gasteiger partial charge in [0, 0.05) is 25.5 Å². The van der Waals surface area contributed by atoms with Gasteiger partial charge in [0.2, 0.25) is 0 Å². The van der Waals surface area contributed by atoms with Crippen molar-refractivity contribution < 1.29 is 23.1 Å². The maximum atomic E-state index is 12.7. The predicted molar refractivity (Wildman–Crippen MR) is 68.1 cm³/mol. The van der Waals surface area contributed by atoms with Crippen LogP contribution in [0.3, 0.4) is 0 Å². The fourth-order valence-corrected chi connectivity index (χ4v) is 2.08. The lowest BCUT2D eigenvalue weighted by molar-refractivity contribution is -0.141. The predicted octanol–water partition coefficient (Wildman–Crippen LogP) is 2.05. The molecule has 0 saturated heterocycles. The summed E-state index contributed by atoms with van der Waals surface area (Å²) in [5, 5.41) is 12.6. The van der Waals surface area contributed by atoms with Crippen molar-refractivity contribution >= 4 is 17.3 Å². The molecule has 0 aliphatic heterocycles. The van der Waals surface area contributed by atoms with E-state index in [0.29, 0.717) is 0 Å². The second-order valence-electron chi connectivity index (χ2n) is 4.48. The van der Waals surface area contributed by atoms with Crippen LogP contribution in [0.25, 0.3) is 5.52 Å². The van der Waals surface area contributed by atoms with Gasteiger partial charge in [0.1, 0.15) is 11.6 Å². The van der Waals surface area contributed by atoms with Crippen molar-refractivity contribution in [2.24, 2.45) is 0 Å². The van der Waals surface area contributed by atoms with Crippen LogP contribution in [0.2, 0.25) is 0 Å². The van der Waals surface area contributed by atoms with Crippen LogP contribution in [0.4, 0.5) is 19.0 Å². The Morgan fingerprint density at radius 1 is 1.52 bits per heavy atom. The summed E-state index contributed by atoms with van der Waals surface area (Å²) in [5.41, 5.74) is -0.944. The number of carbonyl (C=O) groups is 1. The minimum atomic E-state index is -4.57.